The predicted octanol–water partition coefficient (Wildman–Crippen LogP) is 2.65. The van der Waals surface area contributed by atoms with Crippen LogP contribution in [0.4, 0.5) is 0 Å². The van der Waals surface area contributed by atoms with E-state index in [0.29, 0.717) is 12.5 Å². The Hall–Kier alpha value is -0.580. The molecule has 3 N–H and O–H groups in total. The van der Waals surface area contributed by atoms with Gasteiger partial charge in [0.25, 0.3) is 5.91 Å². The summed E-state index contributed by atoms with van der Waals surface area (Å²) in [6.45, 7) is 2.50. The van der Waals surface area contributed by atoms with Gasteiger partial charge in [-0.25, -0.2) is 0 Å². The Morgan fingerprint density at radius 2 is 2.22 bits per heavy atom. The van der Waals surface area contributed by atoms with E-state index in [1.54, 1.807) is 0 Å². The van der Waals surface area contributed by atoms with Gasteiger partial charge in [0.05, 0.1) is 0 Å². The molecule has 1 aliphatic rings. The van der Waals surface area contributed by atoms with Crippen LogP contribution in [0.3, 0.4) is 0 Å². The SMILES string of the molecule is Cc1cc(Br)ccc1C(=O)NCC(N)C1CC1.Cl. The minimum absolute atomic E-state index is 0. The molecule has 0 aromatic heterocycles. The van der Waals surface area contributed by atoms with Gasteiger partial charge >= 0.3 is 0 Å². The molecule has 0 spiro atoms. The molecule has 1 atom stereocenters. The van der Waals surface area contributed by atoms with Gasteiger partial charge in [-0.3, -0.25) is 4.79 Å². The molecule has 100 valence electrons. The Morgan fingerprint density at radius 1 is 1.56 bits per heavy atom. The summed E-state index contributed by atoms with van der Waals surface area (Å²) >= 11 is 3.38. The number of carbonyl (C=O) groups excluding carboxylic acids is 1. The molecule has 1 aromatic carbocycles. The highest BCUT2D eigenvalue weighted by atomic mass is 79.9. The van der Waals surface area contributed by atoms with Crippen molar-refractivity contribution in [3.05, 3.63) is 33.8 Å². The summed E-state index contributed by atoms with van der Waals surface area (Å²) in [5.74, 6) is 0.576. The molecular weight excluding hydrogens is 316 g/mol. The number of amides is 1. The lowest BCUT2D eigenvalue weighted by Gasteiger charge is -2.12. The van der Waals surface area contributed by atoms with Gasteiger partial charge in [-0.15, -0.1) is 12.4 Å². The number of nitrogens with two attached hydrogens (primary N) is 1. The summed E-state index contributed by atoms with van der Waals surface area (Å²) in [4.78, 5) is 11.9. The summed E-state index contributed by atoms with van der Waals surface area (Å²) in [7, 11) is 0. The second-order valence-electron chi connectivity index (χ2n) is 4.67. The minimum Gasteiger partial charge on any atom is -0.350 e. The molecule has 0 saturated heterocycles. The van der Waals surface area contributed by atoms with E-state index < -0.39 is 0 Å². The van der Waals surface area contributed by atoms with Crippen molar-refractivity contribution in [3.63, 3.8) is 0 Å². The highest BCUT2D eigenvalue weighted by Gasteiger charge is 2.28. The van der Waals surface area contributed by atoms with Gasteiger partial charge in [-0.1, -0.05) is 15.9 Å². The first-order chi connectivity index (χ1) is 8.08. The van der Waals surface area contributed by atoms with Crippen LogP contribution in [-0.2, 0) is 0 Å². The lowest BCUT2D eigenvalue weighted by molar-refractivity contribution is 0.0949. The molecule has 5 heteroatoms. The van der Waals surface area contributed by atoms with Crippen LogP contribution in [0.1, 0.15) is 28.8 Å². The molecule has 0 aliphatic heterocycles. The van der Waals surface area contributed by atoms with Gasteiger partial charge < -0.3 is 11.1 Å². The zero-order chi connectivity index (χ0) is 12.4. The van der Waals surface area contributed by atoms with E-state index in [0.717, 1.165) is 15.6 Å². The minimum atomic E-state index is -0.0360. The average Bonchev–Trinajstić information content (AvgIpc) is 3.09. The van der Waals surface area contributed by atoms with Crippen LogP contribution < -0.4 is 11.1 Å². The first-order valence-electron chi connectivity index (χ1n) is 5.88. The second-order valence-corrected chi connectivity index (χ2v) is 5.59. The van der Waals surface area contributed by atoms with E-state index in [4.69, 9.17) is 5.73 Å². The van der Waals surface area contributed by atoms with Gasteiger partial charge in [0, 0.05) is 22.6 Å². The molecular formula is C13H18BrClN2O. The third kappa shape index (κ3) is 3.97. The molecule has 1 saturated carbocycles. The van der Waals surface area contributed by atoms with Crippen molar-refractivity contribution >= 4 is 34.2 Å². The third-order valence-corrected chi connectivity index (χ3v) is 3.65. The smallest absolute Gasteiger partial charge is 0.251 e. The van der Waals surface area contributed by atoms with Crippen molar-refractivity contribution in [2.75, 3.05) is 6.54 Å². The summed E-state index contributed by atoms with van der Waals surface area (Å²) in [5, 5.41) is 2.90. The van der Waals surface area contributed by atoms with Crippen molar-refractivity contribution in [1.29, 1.82) is 0 Å². The molecule has 1 aromatic rings. The number of aryl methyl sites for hydroxylation is 1. The Kier molecular flexibility index (Phi) is 5.63. The monoisotopic (exact) mass is 332 g/mol. The molecule has 1 amide bonds. The van der Waals surface area contributed by atoms with Gasteiger partial charge in [-0.2, -0.15) is 0 Å². The maximum atomic E-state index is 11.9. The number of halogens is 2. The number of hydrogen-bond acceptors (Lipinski definition) is 2. The van der Waals surface area contributed by atoms with Crippen molar-refractivity contribution in [2.24, 2.45) is 11.7 Å². The van der Waals surface area contributed by atoms with Crippen molar-refractivity contribution < 1.29 is 4.79 Å². The van der Waals surface area contributed by atoms with Crippen LogP contribution in [0, 0.1) is 12.8 Å². The van der Waals surface area contributed by atoms with E-state index in [1.807, 2.05) is 25.1 Å². The van der Waals surface area contributed by atoms with Crippen molar-refractivity contribution in [2.45, 2.75) is 25.8 Å². The normalized spacial score (nSPS) is 15.7. The van der Waals surface area contributed by atoms with Crippen molar-refractivity contribution in [3.8, 4) is 0 Å². The fraction of sp³-hybridized carbons (Fsp3) is 0.462. The van der Waals surface area contributed by atoms with Gasteiger partial charge in [0.2, 0.25) is 0 Å². The topological polar surface area (TPSA) is 55.1 Å². The maximum Gasteiger partial charge on any atom is 0.251 e. The van der Waals surface area contributed by atoms with E-state index in [-0.39, 0.29) is 24.4 Å². The average molecular weight is 334 g/mol. The fourth-order valence-electron chi connectivity index (χ4n) is 1.88. The Balaban J connectivity index is 0.00000162. The number of carbonyl (C=O) groups is 1. The predicted molar refractivity (Wildman–Crippen MR) is 79.2 cm³/mol. The molecule has 1 fully saturated rings. The summed E-state index contributed by atoms with van der Waals surface area (Å²) < 4.78 is 0.987. The molecule has 0 bridgehead atoms. The maximum absolute atomic E-state index is 11.9. The molecule has 3 nitrogen and oxygen atoms in total. The van der Waals surface area contributed by atoms with E-state index >= 15 is 0 Å². The second kappa shape index (κ2) is 6.55. The molecule has 0 heterocycles. The standard InChI is InChI=1S/C13H17BrN2O.ClH/c1-8-6-10(14)4-5-11(8)13(17)16-7-12(15)9-2-3-9;/h4-6,9,12H,2-3,7,15H2,1H3,(H,16,17);1H. The summed E-state index contributed by atoms with van der Waals surface area (Å²) in [5.41, 5.74) is 7.63. The van der Waals surface area contributed by atoms with Crippen LogP contribution in [0.2, 0.25) is 0 Å². The van der Waals surface area contributed by atoms with Crippen LogP contribution in [0.15, 0.2) is 22.7 Å². The Labute approximate surface area is 122 Å². The Bertz CT molecular complexity index is 435. The molecule has 0 radical (unpaired) electrons. The number of rotatable bonds is 4. The number of benzene rings is 1. The quantitative estimate of drug-likeness (QED) is 0.890. The molecule has 2 rings (SSSR count). The highest BCUT2D eigenvalue weighted by molar-refractivity contribution is 9.10. The lowest BCUT2D eigenvalue weighted by Crippen LogP contribution is -2.38. The molecule has 1 aliphatic carbocycles. The van der Waals surface area contributed by atoms with E-state index in [1.165, 1.54) is 12.8 Å². The van der Waals surface area contributed by atoms with Gasteiger partial charge in [0.15, 0.2) is 0 Å². The van der Waals surface area contributed by atoms with Crippen LogP contribution in [-0.4, -0.2) is 18.5 Å². The van der Waals surface area contributed by atoms with Gasteiger partial charge in [0.1, 0.15) is 0 Å². The lowest BCUT2D eigenvalue weighted by atomic mass is 10.1. The third-order valence-electron chi connectivity index (χ3n) is 3.16. The van der Waals surface area contributed by atoms with E-state index in [2.05, 4.69) is 21.2 Å². The Morgan fingerprint density at radius 3 is 2.78 bits per heavy atom. The first-order valence-corrected chi connectivity index (χ1v) is 6.67. The number of hydrogen-bond donors (Lipinski definition) is 2. The summed E-state index contributed by atoms with van der Waals surface area (Å²) in [6, 6.07) is 5.75. The van der Waals surface area contributed by atoms with Crippen molar-refractivity contribution in [1.82, 2.24) is 5.32 Å². The number of nitrogens with one attached hydrogen (secondary N) is 1. The largest absolute Gasteiger partial charge is 0.350 e. The zero-order valence-corrected chi connectivity index (χ0v) is 12.7. The first kappa shape index (κ1) is 15.5. The summed E-state index contributed by atoms with van der Waals surface area (Å²) in [6.07, 6.45) is 2.41. The fourth-order valence-corrected chi connectivity index (χ4v) is 2.35. The van der Waals surface area contributed by atoms with Crippen LogP contribution in [0.25, 0.3) is 0 Å². The van der Waals surface area contributed by atoms with Crippen LogP contribution in [0.5, 0.6) is 0 Å². The molecule has 18 heavy (non-hydrogen) atoms. The molecule has 1 unspecified atom stereocenters. The zero-order valence-electron chi connectivity index (χ0n) is 10.3. The highest BCUT2D eigenvalue weighted by Crippen LogP contribution is 2.31. The van der Waals surface area contributed by atoms with Gasteiger partial charge in [-0.05, 0) is 49.4 Å². The van der Waals surface area contributed by atoms with E-state index in [9.17, 15) is 4.79 Å². The van der Waals surface area contributed by atoms with Crippen LogP contribution >= 0.6 is 28.3 Å².